The highest BCUT2D eigenvalue weighted by atomic mass is 35.5. The minimum absolute atomic E-state index is 0.141. The molecule has 0 saturated heterocycles. The van der Waals surface area contributed by atoms with Crippen molar-refractivity contribution in [2.45, 2.75) is 18.9 Å². The van der Waals surface area contributed by atoms with Crippen LogP contribution in [0.1, 0.15) is 12.8 Å². The summed E-state index contributed by atoms with van der Waals surface area (Å²) in [4.78, 5) is 0. The second-order valence-electron chi connectivity index (χ2n) is 3.17. The molecule has 1 aromatic carbocycles. The van der Waals surface area contributed by atoms with E-state index in [0.717, 1.165) is 5.69 Å². The minimum atomic E-state index is -0.390. The molecule has 0 aromatic heterocycles. The highest BCUT2D eigenvalue weighted by Gasteiger charge is 2.20. The van der Waals surface area contributed by atoms with E-state index >= 15 is 0 Å². The molecule has 13 heavy (non-hydrogen) atoms. The van der Waals surface area contributed by atoms with E-state index in [9.17, 15) is 4.39 Å². The van der Waals surface area contributed by atoms with Gasteiger partial charge in [0.05, 0.1) is 10.7 Å². The number of benzene rings is 1. The van der Waals surface area contributed by atoms with Crippen LogP contribution in [0.5, 0.6) is 0 Å². The fourth-order valence-electron chi connectivity index (χ4n) is 0.987. The van der Waals surface area contributed by atoms with Gasteiger partial charge in [-0.15, -0.1) is 0 Å². The lowest BCUT2D eigenvalue weighted by atomic mass is 10.3. The van der Waals surface area contributed by atoms with Crippen LogP contribution in [0.3, 0.4) is 0 Å². The SMILES string of the molecule is Fc1ccc(NNC2CC2)cc1Cl. The van der Waals surface area contributed by atoms with Crippen molar-refractivity contribution in [3.05, 3.63) is 29.0 Å². The van der Waals surface area contributed by atoms with Crippen molar-refractivity contribution >= 4 is 17.3 Å². The Morgan fingerprint density at radius 3 is 2.77 bits per heavy atom. The van der Waals surface area contributed by atoms with Gasteiger partial charge in [0.25, 0.3) is 0 Å². The maximum atomic E-state index is 12.7. The van der Waals surface area contributed by atoms with Gasteiger partial charge in [-0.3, -0.25) is 0 Å². The van der Waals surface area contributed by atoms with E-state index in [0.29, 0.717) is 6.04 Å². The summed E-state index contributed by atoms with van der Waals surface area (Å²) in [5.74, 6) is -0.390. The van der Waals surface area contributed by atoms with Gasteiger partial charge in [-0.2, -0.15) is 0 Å². The third-order valence-electron chi connectivity index (χ3n) is 1.92. The molecular formula is C9H10ClFN2. The summed E-state index contributed by atoms with van der Waals surface area (Å²) in [5.41, 5.74) is 6.85. The van der Waals surface area contributed by atoms with E-state index in [1.807, 2.05) is 0 Å². The molecular weight excluding hydrogens is 191 g/mol. The molecule has 0 spiro atoms. The van der Waals surface area contributed by atoms with Crippen LogP contribution in [0, 0.1) is 5.82 Å². The summed E-state index contributed by atoms with van der Waals surface area (Å²) in [6, 6.07) is 5.12. The first-order valence-corrected chi connectivity index (χ1v) is 4.60. The fraction of sp³-hybridized carbons (Fsp3) is 0.333. The molecule has 1 aliphatic carbocycles. The molecule has 2 nitrogen and oxygen atoms in total. The summed E-state index contributed by atoms with van der Waals surface area (Å²) < 4.78 is 12.7. The first-order valence-electron chi connectivity index (χ1n) is 4.22. The van der Waals surface area contributed by atoms with Crippen LogP contribution >= 0.6 is 11.6 Å². The highest BCUT2D eigenvalue weighted by molar-refractivity contribution is 6.31. The van der Waals surface area contributed by atoms with E-state index in [1.54, 1.807) is 12.1 Å². The molecule has 0 unspecified atom stereocenters. The lowest BCUT2D eigenvalue weighted by Gasteiger charge is -2.07. The first-order chi connectivity index (χ1) is 6.25. The number of nitrogens with one attached hydrogen (secondary N) is 2. The fourth-order valence-corrected chi connectivity index (χ4v) is 1.17. The van der Waals surface area contributed by atoms with Crippen molar-refractivity contribution in [2.75, 3.05) is 5.43 Å². The van der Waals surface area contributed by atoms with E-state index in [4.69, 9.17) is 11.6 Å². The zero-order valence-electron chi connectivity index (χ0n) is 6.98. The third-order valence-corrected chi connectivity index (χ3v) is 2.21. The molecule has 0 atom stereocenters. The number of halogens is 2. The van der Waals surface area contributed by atoms with E-state index in [1.165, 1.54) is 18.9 Å². The van der Waals surface area contributed by atoms with Gasteiger partial charge in [0.15, 0.2) is 0 Å². The molecule has 1 aromatic rings. The molecule has 4 heteroatoms. The smallest absolute Gasteiger partial charge is 0.141 e. The summed E-state index contributed by atoms with van der Waals surface area (Å²) in [5, 5.41) is 0.141. The maximum absolute atomic E-state index is 12.7. The summed E-state index contributed by atoms with van der Waals surface area (Å²) in [6.45, 7) is 0. The Bertz CT molecular complexity index is 312. The normalized spacial score (nSPS) is 15.8. The van der Waals surface area contributed by atoms with Gasteiger partial charge < -0.3 is 5.43 Å². The Kier molecular flexibility index (Phi) is 2.38. The summed E-state index contributed by atoms with van der Waals surface area (Å²) in [7, 11) is 0. The standard InChI is InChI=1S/C9H10ClFN2/c10-8-5-7(3-4-9(8)11)13-12-6-1-2-6/h3-6,12-13H,1-2H2. The van der Waals surface area contributed by atoms with E-state index in [2.05, 4.69) is 10.9 Å². The Hall–Kier alpha value is -0.800. The molecule has 0 aliphatic heterocycles. The first kappa shape index (κ1) is 8.78. The van der Waals surface area contributed by atoms with Crippen LogP contribution < -0.4 is 10.9 Å². The number of hydrogen-bond acceptors (Lipinski definition) is 2. The van der Waals surface area contributed by atoms with Crippen molar-refractivity contribution in [3.8, 4) is 0 Å². The van der Waals surface area contributed by atoms with Gasteiger partial charge in [0, 0.05) is 6.04 Å². The zero-order chi connectivity index (χ0) is 9.26. The molecule has 0 amide bonds. The molecule has 0 bridgehead atoms. The average molecular weight is 201 g/mol. The number of rotatable bonds is 3. The second-order valence-corrected chi connectivity index (χ2v) is 3.58. The molecule has 1 aliphatic rings. The largest absolute Gasteiger partial charge is 0.321 e. The predicted octanol–water partition coefficient (Wildman–Crippen LogP) is 2.56. The van der Waals surface area contributed by atoms with Gasteiger partial charge in [0.2, 0.25) is 0 Å². The monoisotopic (exact) mass is 200 g/mol. The molecule has 2 rings (SSSR count). The molecule has 0 radical (unpaired) electrons. The van der Waals surface area contributed by atoms with Crippen LogP contribution in [0.25, 0.3) is 0 Å². The predicted molar refractivity (Wildman–Crippen MR) is 51.2 cm³/mol. The van der Waals surface area contributed by atoms with Crippen LogP contribution in [0.4, 0.5) is 10.1 Å². The topological polar surface area (TPSA) is 24.1 Å². The van der Waals surface area contributed by atoms with Gasteiger partial charge in [-0.1, -0.05) is 11.6 Å². The Balaban J connectivity index is 1.98. The van der Waals surface area contributed by atoms with Crippen LogP contribution in [-0.2, 0) is 0 Å². The maximum Gasteiger partial charge on any atom is 0.141 e. The molecule has 1 saturated carbocycles. The average Bonchev–Trinajstić information content (AvgIpc) is 2.91. The number of hydrazine groups is 1. The van der Waals surface area contributed by atoms with Crippen molar-refractivity contribution < 1.29 is 4.39 Å². The molecule has 1 fully saturated rings. The van der Waals surface area contributed by atoms with Crippen molar-refractivity contribution in [3.63, 3.8) is 0 Å². The zero-order valence-corrected chi connectivity index (χ0v) is 7.74. The molecule has 2 N–H and O–H groups in total. The van der Waals surface area contributed by atoms with Crippen molar-refractivity contribution in [2.24, 2.45) is 0 Å². The van der Waals surface area contributed by atoms with Crippen LogP contribution in [0.2, 0.25) is 5.02 Å². The number of hydrogen-bond donors (Lipinski definition) is 2. The second kappa shape index (κ2) is 3.52. The Labute approximate surface area is 81.1 Å². The van der Waals surface area contributed by atoms with Gasteiger partial charge >= 0.3 is 0 Å². The van der Waals surface area contributed by atoms with Crippen molar-refractivity contribution in [1.82, 2.24) is 5.43 Å². The van der Waals surface area contributed by atoms with Crippen LogP contribution in [-0.4, -0.2) is 6.04 Å². The third kappa shape index (κ3) is 2.32. The number of anilines is 1. The van der Waals surface area contributed by atoms with E-state index < -0.39 is 5.82 Å². The Morgan fingerprint density at radius 1 is 1.38 bits per heavy atom. The summed E-state index contributed by atoms with van der Waals surface area (Å²) in [6.07, 6.45) is 2.39. The van der Waals surface area contributed by atoms with Gasteiger partial charge in [-0.05, 0) is 31.0 Å². The Morgan fingerprint density at radius 2 is 2.15 bits per heavy atom. The molecule has 70 valence electrons. The lowest BCUT2D eigenvalue weighted by Crippen LogP contribution is -2.23. The van der Waals surface area contributed by atoms with Crippen LogP contribution in [0.15, 0.2) is 18.2 Å². The van der Waals surface area contributed by atoms with Gasteiger partial charge in [-0.25, -0.2) is 9.82 Å². The summed E-state index contributed by atoms with van der Waals surface area (Å²) >= 11 is 5.60. The highest BCUT2D eigenvalue weighted by Crippen LogP contribution is 2.21. The van der Waals surface area contributed by atoms with Crippen molar-refractivity contribution in [1.29, 1.82) is 0 Å². The van der Waals surface area contributed by atoms with Gasteiger partial charge in [0.1, 0.15) is 5.82 Å². The quantitative estimate of drug-likeness (QED) is 0.733. The minimum Gasteiger partial charge on any atom is -0.321 e. The van der Waals surface area contributed by atoms with E-state index in [-0.39, 0.29) is 5.02 Å². The lowest BCUT2D eigenvalue weighted by molar-refractivity contribution is 0.628. The molecule has 0 heterocycles.